The lowest BCUT2D eigenvalue weighted by Crippen LogP contribution is -2.20. The van der Waals surface area contributed by atoms with Crippen molar-refractivity contribution in [3.63, 3.8) is 0 Å². The van der Waals surface area contributed by atoms with Crippen molar-refractivity contribution >= 4 is 77.5 Å². The van der Waals surface area contributed by atoms with Gasteiger partial charge in [0.2, 0.25) is 0 Å². The molecule has 272 valence electrons. The minimum absolute atomic E-state index is 0.256. The van der Waals surface area contributed by atoms with Crippen molar-refractivity contribution in [2.75, 3.05) is 16.3 Å². The number of fused-ring (bicyclic) bond motifs is 10. The molecule has 0 saturated heterocycles. The van der Waals surface area contributed by atoms with Gasteiger partial charge >= 0.3 is 0 Å². The van der Waals surface area contributed by atoms with Gasteiger partial charge in [-0.1, -0.05) is 148 Å². The van der Waals surface area contributed by atoms with Gasteiger partial charge in [0.15, 0.2) is 0 Å². The van der Waals surface area contributed by atoms with E-state index in [4.69, 9.17) is 4.42 Å². The summed E-state index contributed by atoms with van der Waals surface area (Å²) in [5, 5.41) is 7.09. The zero-order valence-electron chi connectivity index (χ0n) is 32.0. The van der Waals surface area contributed by atoms with E-state index in [9.17, 15) is 0 Å². The van der Waals surface area contributed by atoms with Crippen LogP contribution in [0, 0.1) is 0 Å². The molecule has 3 heteroatoms. The van der Waals surface area contributed by atoms with Crippen molar-refractivity contribution in [2.24, 2.45) is 0 Å². The van der Waals surface area contributed by atoms with Gasteiger partial charge in [-0.25, -0.2) is 0 Å². The maximum atomic E-state index is 6.28. The zero-order chi connectivity index (χ0) is 38.3. The molecule has 1 aliphatic heterocycles. The van der Waals surface area contributed by atoms with E-state index in [1.54, 1.807) is 0 Å². The molecule has 0 saturated carbocycles. The second kappa shape index (κ2) is 12.7. The van der Waals surface area contributed by atoms with Gasteiger partial charge < -0.3 is 14.2 Å². The smallest absolute Gasteiger partial charge is 0.135 e. The lowest BCUT2D eigenvalue weighted by atomic mass is 9.82. The molecule has 8 aromatic carbocycles. The third-order valence-electron chi connectivity index (χ3n) is 12.2. The molecule has 1 aliphatic carbocycles. The fourth-order valence-corrected chi connectivity index (χ4v) is 9.34. The molecule has 0 atom stereocenters. The van der Waals surface area contributed by atoms with Crippen molar-refractivity contribution in [2.45, 2.75) is 19.3 Å². The Kier molecular flexibility index (Phi) is 7.42. The quantitative estimate of drug-likeness (QED) is 0.180. The minimum Gasteiger partial charge on any atom is -0.456 e. The molecule has 11 rings (SSSR count). The summed E-state index contributed by atoms with van der Waals surface area (Å²) in [6, 6.07) is 57.5. The Morgan fingerprint density at radius 3 is 2.07 bits per heavy atom. The molecular weight excluding hydrogens is 693 g/mol. The van der Waals surface area contributed by atoms with Crippen molar-refractivity contribution in [3.8, 4) is 11.1 Å². The van der Waals surface area contributed by atoms with E-state index in [0.717, 1.165) is 56.7 Å². The first-order chi connectivity index (χ1) is 27.9. The van der Waals surface area contributed by atoms with Crippen molar-refractivity contribution < 1.29 is 4.42 Å². The topological polar surface area (TPSA) is 19.6 Å². The van der Waals surface area contributed by atoms with Crippen LogP contribution in [0.3, 0.4) is 0 Å². The fourth-order valence-electron chi connectivity index (χ4n) is 9.34. The highest BCUT2D eigenvalue weighted by atomic mass is 16.3. The van der Waals surface area contributed by atoms with Crippen molar-refractivity contribution in [3.05, 3.63) is 205 Å². The fraction of sp³-hybridized carbons (Fsp3) is 0.0741. The van der Waals surface area contributed by atoms with Crippen LogP contribution in [0.5, 0.6) is 0 Å². The number of furan rings is 1. The molecular formula is C54H40N2O. The van der Waals surface area contributed by atoms with Crippen LogP contribution in [0.2, 0.25) is 0 Å². The first-order valence-electron chi connectivity index (χ1n) is 19.7. The number of benzene rings is 8. The summed E-state index contributed by atoms with van der Waals surface area (Å²) in [6.45, 7) is 9.99. The summed E-state index contributed by atoms with van der Waals surface area (Å²) in [6.07, 6.45) is 8.59. The third-order valence-corrected chi connectivity index (χ3v) is 12.2. The molecule has 0 radical (unpaired) electrons. The Labute approximate surface area is 332 Å². The van der Waals surface area contributed by atoms with E-state index in [-0.39, 0.29) is 5.41 Å². The number of rotatable bonds is 4. The number of nitrogens with zero attached hydrogens (tertiary/aromatic N) is 2. The van der Waals surface area contributed by atoms with Gasteiger partial charge in [-0.2, -0.15) is 0 Å². The summed E-state index contributed by atoms with van der Waals surface area (Å²) >= 11 is 0. The van der Waals surface area contributed by atoms with Crippen molar-refractivity contribution in [1.82, 2.24) is 0 Å². The van der Waals surface area contributed by atoms with E-state index in [2.05, 4.69) is 200 Å². The molecule has 0 unspecified atom stereocenters. The monoisotopic (exact) mass is 732 g/mol. The molecule has 1 aromatic heterocycles. The Morgan fingerprint density at radius 2 is 1.21 bits per heavy atom. The molecule has 2 aliphatic rings. The molecule has 0 spiro atoms. The molecule has 3 nitrogen and oxygen atoms in total. The van der Waals surface area contributed by atoms with Crippen LogP contribution in [-0.2, 0) is 5.41 Å². The average Bonchev–Trinajstić information content (AvgIpc) is 3.75. The SMILES string of the molecule is C=C1/C=C\C=C/CN(c2ccc3c(c2)C(C)(C)c2cc(N(c4ccc5oc6ccccc6c5c4)c4cccc5ccccc45)ccc2-3)c2c1ccc1ccccc21. The Balaban J connectivity index is 1.07. The summed E-state index contributed by atoms with van der Waals surface area (Å²) in [5.74, 6) is 0. The normalized spacial score (nSPS) is 15.5. The largest absolute Gasteiger partial charge is 0.456 e. The lowest BCUT2D eigenvalue weighted by Gasteiger charge is -2.30. The highest BCUT2D eigenvalue weighted by Crippen LogP contribution is 2.53. The molecule has 0 bridgehead atoms. The minimum atomic E-state index is -0.256. The Morgan fingerprint density at radius 1 is 0.561 bits per heavy atom. The second-order valence-corrected chi connectivity index (χ2v) is 15.8. The zero-order valence-corrected chi connectivity index (χ0v) is 32.0. The van der Waals surface area contributed by atoms with Crippen LogP contribution in [0.4, 0.5) is 28.4 Å². The van der Waals surface area contributed by atoms with Crippen molar-refractivity contribution in [1.29, 1.82) is 0 Å². The summed E-state index contributed by atoms with van der Waals surface area (Å²) in [7, 11) is 0. The molecule has 9 aromatic rings. The van der Waals surface area contributed by atoms with Crippen LogP contribution in [0.15, 0.2) is 193 Å². The maximum absolute atomic E-state index is 6.28. The van der Waals surface area contributed by atoms with Gasteiger partial charge in [0.1, 0.15) is 11.2 Å². The number of allylic oxidation sites excluding steroid dienone is 4. The van der Waals surface area contributed by atoms with Crippen LogP contribution in [0.25, 0.3) is 60.2 Å². The van der Waals surface area contributed by atoms with E-state index >= 15 is 0 Å². The number of hydrogen-bond donors (Lipinski definition) is 0. The van der Waals surface area contributed by atoms with Crippen LogP contribution >= 0.6 is 0 Å². The van der Waals surface area contributed by atoms with E-state index in [1.807, 2.05) is 12.1 Å². The average molecular weight is 733 g/mol. The van der Waals surface area contributed by atoms with Gasteiger partial charge in [-0.3, -0.25) is 0 Å². The standard InChI is InChI=1S/C54H40N2O/c1-35-14-5-4-12-31-55(53-41(35)27-23-37-16-7-9-19-43(37)53)38-24-28-44-45-29-25-40(34-49(45)54(2,3)48(44)33-38)56(50-21-13-17-36-15-6-8-18-42(36)50)39-26-30-52-47(32-39)46-20-10-11-22-51(46)57-52/h4-30,32-34H,1,31H2,2-3H3/b12-4-,14-5-. The summed E-state index contributed by atoms with van der Waals surface area (Å²) in [4.78, 5) is 4.89. The highest BCUT2D eigenvalue weighted by molar-refractivity contribution is 6.08. The molecule has 0 N–H and O–H groups in total. The molecule has 2 heterocycles. The predicted octanol–water partition coefficient (Wildman–Crippen LogP) is 14.9. The molecule has 57 heavy (non-hydrogen) atoms. The van der Waals surface area contributed by atoms with Gasteiger partial charge in [-0.05, 0) is 93.2 Å². The number of hydrogen-bond acceptors (Lipinski definition) is 3. The molecule has 0 amide bonds. The first kappa shape index (κ1) is 33.3. The van der Waals surface area contributed by atoms with E-state index in [0.29, 0.717) is 0 Å². The second-order valence-electron chi connectivity index (χ2n) is 15.8. The highest BCUT2D eigenvalue weighted by Gasteiger charge is 2.37. The summed E-state index contributed by atoms with van der Waals surface area (Å²) in [5.41, 5.74) is 14.6. The van der Waals surface area contributed by atoms with Gasteiger partial charge in [-0.15, -0.1) is 0 Å². The Hall–Kier alpha value is -7.10. The Bertz CT molecular complexity index is 3170. The lowest BCUT2D eigenvalue weighted by molar-refractivity contribution is 0.660. The molecule has 0 fully saturated rings. The first-order valence-corrected chi connectivity index (χ1v) is 19.7. The van der Waals surface area contributed by atoms with E-state index < -0.39 is 0 Å². The van der Waals surface area contributed by atoms with Crippen LogP contribution < -0.4 is 9.80 Å². The van der Waals surface area contributed by atoms with E-state index in [1.165, 1.54) is 55.2 Å². The van der Waals surface area contributed by atoms with Crippen LogP contribution in [-0.4, -0.2) is 6.54 Å². The van der Waals surface area contributed by atoms with Gasteiger partial charge in [0.05, 0.1) is 11.4 Å². The van der Waals surface area contributed by atoms with Gasteiger partial charge in [0.25, 0.3) is 0 Å². The summed E-state index contributed by atoms with van der Waals surface area (Å²) < 4.78 is 6.28. The van der Waals surface area contributed by atoms with Gasteiger partial charge in [0, 0.05) is 56.1 Å². The maximum Gasteiger partial charge on any atom is 0.135 e. The predicted molar refractivity (Wildman–Crippen MR) is 242 cm³/mol. The van der Waals surface area contributed by atoms with Crippen LogP contribution in [0.1, 0.15) is 30.5 Å². The number of anilines is 5. The third kappa shape index (κ3) is 5.19. The number of para-hydroxylation sites is 1.